The van der Waals surface area contributed by atoms with Gasteiger partial charge in [0.1, 0.15) is 6.26 Å². The Hall–Kier alpha value is -2.10. The maximum Gasteiger partial charge on any atom is 0.224 e. The van der Waals surface area contributed by atoms with Gasteiger partial charge in [-0.2, -0.15) is 0 Å². The third-order valence-electron chi connectivity index (χ3n) is 2.43. The summed E-state index contributed by atoms with van der Waals surface area (Å²) in [5.41, 5.74) is 2.79. The molecule has 0 saturated heterocycles. The molecule has 88 valence electrons. The molecule has 0 aliphatic heterocycles. The Bertz CT molecular complexity index is 475. The highest BCUT2D eigenvalue weighted by molar-refractivity contribution is 5.90. The number of hydrogen-bond acceptors (Lipinski definition) is 3. The molecule has 0 radical (unpaired) electrons. The predicted molar refractivity (Wildman–Crippen MR) is 64.6 cm³/mol. The molecule has 0 aliphatic carbocycles. The molecule has 0 spiro atoms. The zero-order valence-corrected chi connectivity index (χ0v) is 9.64. The molecule has 1 N–H and O–H groups in total. The lowest BCUT2D eigenvalue weighted by atomic mass is 10.2. The van der Waals surface area contributed by atoms with Crippen LogP contribution in [0.1, 0.15) is 17.7 Å². The summed E-state index contributed by atoms with van der Waals surface area (Å²) in [7, 11) is 0. The molecule has 1 aromatic heterocycles. The first-order chi connectivity index (χ1) is 8.24. The van der Waals surface area contributed by atoms with Gasteiger partial charge in [0.05, 0.1) is 5.69 Å². The molecule has 0 fully saturated rings. The van der Waals surface area contributed by atoms with Crippen molar-refractivity contribution >= 4 is 11.6 Å². The van der Waals surface area contributed by atoms with Crippen LogP contribution in [0.15, 0.2) is 41.3 Å². The van der Waals surface area contributed by atoms with Gasteiger partial charge >= 0.3 is 0 Å². The van der Waals surface area contributed by atoms with Crippen LogP contribution >= 0.6 is 0 Å². The summed E-state index contributed by atoms with van der Waals surface area (Å²) in [4.78, 5) is 15.6. The van der Waals surface area contributed by atoms with Gasteiger partial charge in [-0.3, -0.25) is 4.79 Å². The van der Waals surface area contributed by atoms with Gasteiger partial charge in [0.25, 0.3) is 0 Å². The SMILES string of the molecule is Cc1ccc(NC(=O)CCc2cocn2)cc1. The van der Waals surface area contributed by atoms with E-state index >= 15 is 0 Å². The first-order valence-electron chi connectivity index (χ1n) is 5.47. The number of aromatic nitrogens is 1. The Balaban J connectivity index is 1.83. The number of benzene rings is 1. The minimum atomic E-state index is -0.0168. The summed E-state index contributed by atoms with van der Waals surface area (Å²) in [5, 5.41) is 2.83. The van der Waals surface area contributed by atoms with Crippen LogP contribution in [0, 0.1) is 6.92 Å². The zero-order chi connectivity index (χ0) is 12.1. The van der Waals surface area contributed by atoms with Crippen molar-refractivity contribution in [3.05, 3.63) is 48.2 Å². The number of rotatable bonds is 4. The molecule has 2 aromatic rings. The summed E-state index contributed by atoms with van der Waals surface area (Å²) < 4.78 is 4.84. The van der Waals surface area contributed by atoms with Gasteiger partial charge in [0.2, 0.25) is 5.91 Å². The van der Waals surface area contributed by atoms with Crippen molar-refractivity contribution in [2.45, 2.75) is 19.8 Å². The third-order valence-corrected chi connectivity index (χ3v) is 2.43. The molecule has 4 heteroatoms. The summed E-state index contributed by atoms with van der Waals surface area (Å²) in [6.07, 6.45) is 3.92. The van der Waals surface area contributed by atoms with Crippen LogP contribution in [-0.4, -0.2) is 10.9 Å². The van der Waals surface area contributed by atoms with Crippen molar-refractivity contribution in [2.75, 3.05) is 5.32 Å². The van der Waals surface area contributed by atoms with Gasteiger partial charge in [0, 0.05) is 18.5 Å². The number of oxazole rings is 1. The standard InChI is InChI=1S/C13H14N2O2/c1-10-2-4-11(5-3-10)15-13(16)7-6-12-8-17-9-14-12/h2-5,8-9H,6-7H2,1H3,(H,15,16). The number of nitrogens with one attached hydrogen (secondary N) is 1. The topological polar surface area (TPSA) is 55.1 Å². The van der Waals surface area contributed by atoms with Gasteiger partial charge in [-0.25, -0.2) is 4.98 Å². The monoisotopic (exact) mass is 230 g/mol. The second-order valence-electron chi connectivity index (χ2n) is 3.89. The quantitative estimate of drug-likeness (QED) is 0.878. The fraction of sp³-hybridized carbons (Fsp3) is 0.231. The normalized spacial score (nSPS) is 10.2. The Morgan fingerprint density at radius 2 is 2.12 bits per heavy atom. The summed E-state index contributed by atoms with van der Waals surface area (Å²) >= 11 is 0. The number of nitrogens with zero attached hydrogens (tertiary/aromatic N) is 1. The lowest BCUT2D eigenvalue weighted by Gasteiger charge is -2.04. The molecule has 0 bridgehead atoms. The largest absolute Gasteiger partial charge is 0.451 e. The van der Waals surface area contributed by atoms with E-state index < -0.39 is 0 Å². The van der Waals surface area contributed by atoms with E-state index in [1.165, 1.54) is 12.0 Å². The lowest BCUT2D eigenvalue weighted by molar-refractivity contribution is -0.116. The Labute approximate surface area is 99.7 Å². The number of anilines is 1. The average Bonchev–Trinajstić information content (AvgIpc) is 2.83. The smallest absolute Gasteiger partial charge is 0.224 e. The van der Waals surface area contributed by atoms with E-state index in [4.69, 9.17) is 4.42 Å². The molecule has 1 aromatic carbocycles. The third kappa shape index (κ3) is 3.45. The van der Waals surface area contributed by atoms with E-state index in [1.807, 2.05) is 31.2 Å². The molecule has 0 unspecified atom stereocenters. The van der Waals surface area contributed by atoms with Gasteiger partial charge < -0.3 is 9.73 Å². The summed E-state index contributed by atoms with van der Waals surface area (Å²) in [6, 6.07) is 7.72. The van der Waals surface area contributed by atoms with Crippen LogP contribution in [0.4, 0.5) is 5.69 Å². The predicted octanol–water partition coefficient (Wildman–Crippen LogP) is 2.55. The van der Waals surface area contributed by atoms with E-state index in [1.54, 1.807) is 6.26 Å². The van der Waals surface area contributed by atoms with Gasteiger partial charge in [-0.05, 0) is 19.1 Å². The lowest BCUT2D eigenvalue weighted by Crippen LogP contribution is -2.12. The van der Waals surface area contributed by atoms with Crippen molar-refractivity contribution in [2.24, 2.45) is 0 Å². The highest BCUT2D eigenvalue weighted by Gasteiger charge is 2.04. The highest BCUT2D eigenvalue weighted by atomic mass is 16.3. The number of amides is 1. The van der Waals surface area contributed by atoms with Gasteiger partial charge in [-0.15, -0.1) is 0 Å². The molecular formula is C13H14N2O2. The minimum Gasteiger partial charge on any atom is -0.451 e. The first kappa shape index (κ1) is 11.4. The van der Waals surface area contributed by atoms with E-state index in [-0.39, 0.29) is 5.91 Å². The zero-order valence-electron chi connectivity index (χ0n) is 9.64. The fourth-order valence-electron chi connectivity index (χ4n) is 1.46. The second-order valence-corrected chi connectivity index (χ2v) is 3.89. The Morgan fingerprint density at radius 3 is 2.76 bits per heavy atom. The van der Waals surface area contributed by atoms with Crippen LogP contribution < -0.4 is 5.32 Å². The van der Waals surface area contributed by atoms with Crippen molar-refractivity contribution in [3.63, 3.8) is 0 Å². The molecular weight excluding hydrogens is 216 g/mol. The maximum atomic E-state index is 11.6. The van der Waals surface area contributed by atoms with E-state index in [0.29, 0.717) is 12.8 Å². The van der Waals surface area contributed by atoms with Crippen molar-refractivity contribution in [3.8, 4) is 0 Å². The Morgan fingerprint density at radius 1 is 1.35 bits per heavy atom. The Kier molecular flexibility index (Phi) is 3.55. The van der Waals surface area contributed by atoms with Crippen molar-refractivity contribution in [1.82, 2.24) is 4.98 Å². The molecule has 2 rings (SSSR count). The number of carbonyl (C=O) groups excluding carboxylic acids is 1. The average molecular weight is 230 g/mol. The maximum absolute atomic E-state index is 11.6. The molecule has 1 heterocycles. The van der Waals surface area contributed by atoms with E-state index in [0.717, 1.165) is 11.4 Å². The summed E-state index contributed by atoms with van der Waals surface area (Å²) in [5.74, 6) is -0.0168. The minimum absolute atomic E-state index is 0.0168. The molecule has 0 atom stereocenters. The van der Waals surface area contributed by atoms with Gasteiger partial charge in [0.15, 0.2) is 6.39 Å². The number of aryl methyl sites for hydroxylation is 2. The van der Waals surface area contributed by atoms with Crippen molar-refractivity contribution in [1.29, 1.82) is 0 Å². The van der Waals surface area contributed by atoms with E-state index in [2.05, 4.69) is 10.3 Å². The summed E-state index contributed by atoms with van der Waals surface area (Å²) in [6.45, 7) is 2.01. The fourth-order valence-corrected chi connectivity index (χ4v) is 1.46. The second kappa shape index (κ2) is 5.30. The van der Waals surface area contributed by atoms with Gasteiger partial charge in [-0.1, -0.05) is 17.7 Å². The number of hydrogen-bond donors (Lipinski definition) is 1. The molecule has 0 aliphatic rings. The van der Waals surface area contributed by atoms with Crippen LogP contribution in [0.25, 0.3) is 0 Å². The first-order valence-corrected chi connectivity index (χ1v) is 5.47. The van der Waals surface area contributed by atoms with Crippen molar-refractivity contribution < 1.29 is 9.21 Å². The van der Waals surface area contributed by atoms with Crippen LogP contribution in [0.3, 0.4) is 0 Å². The number of carbonyl (C=O) groups is 1. The van der Waals surface area contributed by atoms with Crippen LogP contribution in [-0.2, 0) is 11.2 Å². The molecule has 17 heavy (non-hydrogen) atoms. The van der Waals surface area contributed by atoms with E-state index in [9.17, 15) is 4.79 Å². The van der Waals surface area contributed by atoms with Crippen LogP contribution in [0.2, 0.25) is 0 Å². The molecule has 4 nitrogen and oxygen atoms in total. The highest BCUT2D eigenvalue weighted by Crippen LogP contribution is 2.09. The molecule has 1 amide bonds. The molecule has 0 saturated carbocycles. The van der Waals surface area contributed by atoms with Crippen LogP contribution in [0.5, 0.6) is 0 Å².